The molecule has 1 heterocycles. The fourth-order valence-corrected chi connectivity index (χ4v) is 4.14. The van der Waals surface area contributed by atoms with Crippen molar-refractivity contribution in [3.05, 3.63) is 94.3 Å². The Morgan fingerprint density at radius 1 is 0.852 bits per heavy atom. The quantitative estimate of drug-likeness (QED) is 0.449. The van der Waals surface area contributed by atoms with Gasteiger partial charge in [0.05, 0.1) is 0 Å². The number of fused-ring (bicyclic) bond motifs is 4. The fourth-order valence-electron chi connectivity index (χ4n) is 4.14. The van der Waals surface area contributed by atoms with E-state index in [0.717, 1.165) is 29.7 Å². The second-order valence-corrected chi connectivity index (χ2v) is 7.51. The lowest BCUT2D eigenvalue weighted by Crippen LogP contribution is -1.93. The van der Waals surface area contributed by atoms with Crippen LogP contribution in [0.2, 0.25) is 0 Å². The van der Waals surface area contributed by atoms with Crippen LogP contribution in [0.5, 0.6) is 0 Å². The highest BCUT2D eigenvalue weighted by atomic mass is 16.3. The van der Waals surface area contributed by atoms with E-state index >= 15 is 0 Å². The number of hydrogen-bond donors (Lipinski definition) is 0. The standard InChI is InChI=1S/C26H22O/c1-17-13-14-25-24(15-17)23-12-6-11-22(26(23)27-25)20-9-5-7-18(2)21-10-4-3-8-19(21)16-20/h3-12,15-16H,13-14H2,1-2H3/b7-5?,9-5-,18-7+,19-16?,20-9?,20-16+,21-18?. The topological polar surface area (TPSA) is 13.1 Å². The van der Waals surface area contributed by atoms with Gasteiger partial charge in [-0.1, -0.05) is 72.3 Å². The van der Waals surface area contributed by atoms with Gasteiger partial charge in [0.2, 0.25) is 0 Å². The first-order chi connectivity index (χ1) is 13.2. The van der Waals surface area contributed by atoms with E-state index < -0.39 is 0 Å². The van der Waals surface area contributed by atoms with Crippen molar-refractivity contribution in [3.8, 4) is 0 Å². The zero-order valence-corrected chi connectivity index (χ0v) is 15.8. The Balaban J connectivity index is 1.74. The summed E-state index contributed by atoms with van der Waals surface area (Å²) in [6.07, 6.45) is 13.2. The normalized spacial score (nSPS) is 21.0. The van der Waals surface area contributed by atoms with Gasteiger partial charge in [-0.25, -0.2) is 0 Å². The Morgan fingerprint density at radius 2 is 1.70 bits per heavy atom. The summed E-state index contributed by atoms with van der Waals surface area (Å²) in [4.78, 5) is 0. The minimum Gasteiger partial charge on any atom is -0.460 e. The van der Waals surface area contributed by atoms with Gasteiger partial charge < -0.3 is 4.42 Å². The van der Waals surface area contributed by atoms with E-state index in [4.69, 9.17) is 4.42 Å². The Hall–Kier alpha value is -3.06. The lowest BCUT2D eigenvalue weighted by molar-refractivity contribution is 0.542. The van der Waals surface area contributed by atoms with Gasteiger partial charge in [0.25, 0.3) is 0 Å². The third-order valence-electron chi connectivity index (χ3n) is 5.60. The zero-order valence-electron chi connectivity index (χ0n) is 15.8. The molecular weight excluding hydrogens is 328 g/mol. The second kappa shape index (κ2) is 6.28. The molecule has 0 bridgehead atoms. The number of aryl methyl sites for hydroxylation is 1. The molecule has 1 aromatic heterocycles. The van der Waals surface area contributed by atoms with Crippen LogP contribution in [0, 0.1) is 0 Å². The minimum absolute atomic E-state index is 0.992. The molecule has 27 heavy (non-hydrogen) atoms. The van der Waals surface area contributed by atoms with E-state index in [-0.39, 0.29) is 0 Å². The van der Waals surface area contributed by atoms with Gasteiger partial charge in [-0.05, 0) is 48.6 Å². The van der Waals surface area contributed by atoms with E-state index in [9.17, 15) is 0 Å². The third kappa shape index (κ3) is 2.71. The van der Waals surface area contributed by atoms with Crippen LogP contribution in [0.25, 0.3) is 34.3 Å². The molecule has 2 aliphatic rings. The molecule has 0 atom stereocenters. The molecule has 5 rings (SSSR count). The molecule has 0 fully saturated rings. The summed E-state index contributed by atoms with van der Waals surface area (Å²) < 4.78 is 6.37. The summed E-state index contributed by atoms with van der Waals surface area (Å²) in [5.41, 5.74) is 9.85. The average Bonchev–Trinajstić information content (AvgIpc) is 3.04. The summed E-state index contributed by atoms with van der Waals surface area (Å²) in [5.74, 6) is 1.12. The Labute approximate surface area is 160 Å². The maximum atomic E-state index is 6.37. The number of allylic oxidation sites excluding steroid dienone is 6. The molecule has 0 unspecified atom stereocenters. The highest BCUT2D eigenvalue weighted by molar-refractivity contribution is 6.02. The molecule has 0 aliphatic heterocycles. The Bertz CT molecular complexity index is 1180. The molecule has 0 saturated heterocycles. The minimum atomic E-state index is 0.992. The number of para-hydroxylation sites is 1. The Morgan fingerprint density at radius 3 is 2.63 bits per heavy atom. The summed E-state index contributed by atoms with van der Waals surface area (Å²) in [6.45, 7) is 4.37. The molecular formula is C26H22O. The lowest BCUT2D eigenvalue weighted by atomic mass is 9.92. The van der Waals surface area contributed by atoms with E-state index in [0.29, 0.717) is 0 Å². The first-order valence-electron chi connectivity index (χ1n) is 9.59. The van der Waals surface area contributed by atoms with Crippen LogP contribution in [-0.4, -0.2) is 0 Å². The molecule has 132 valence electrons. The number of hydrogen-bond acceptors (Lipinski definition) is 1. The van der Waals surface area contributed by atoms with Gasteiger partial charge in [-0.2, -0.15) is 0 Å². The largest absolute Gasteiger partial charge is 0.460 e. The summed E-state index contributed by atoms with van der Waals surface area (Å²) in [6, 6.07) is 15.1. The van der Waals surface area contributed by atoms with Crippen molar-refractivity contribution < 1.29 is 4.42 Å². The number of rotatable bonds is 1. The predicted molar refractivity (Wildman–Crippen MR) is 115 cm³/mol. The molecule has 0 radical (unpaired) electrons. The fraction of sp³-hybridized carbons (Fsp3) is 0.154. The first kappa shape index (κ1) is 16.1. The van der Waals surface area contributed by atoms with Crippen LogP contribution in [0.1, 0.15) is 48.3 Å². The molecule has 2 aromatic carbocycles. The van der Waals surface area contributed by atoms with E-state index in [1.165, 1.54) is 38.8 Å². The molecule has 0 N–H and O–H groups in total. The van der Waals surface area contributed by atoms with E-state index in [1.807, 2.05) is 0 Å². The molecule has 1 heteroatoms. The van der Waals surface area contributed by atoms with Crippen molar-refractivity contribution in [2.75, 3.05) is 0 Å². The summed E-state index contributed by atoms with van der Waals surface area (Å²) in [7, 11) is 0. The van der Waals surface area contributed by atoms with Crippen LogP contribution in [0.4, 0.5) is 0 Å². The number of furan rings is 1. The van der Waals surface area contributed by atoms with E-state index in [2.05, 4.69) is 86.7 Å². The highest BCUT2D eigenvalue weighted by Gasteiger charge is 2.19. The maximum Gasteiger partial charge on any atom is 0.142 e. The monoisotopic (exact) mass is 350 g/mol. The molecule has 0 amide bonds. The van der Waals surface area contributed by atoms with Crippen molar-refractivity contribution in [1.29, 1.82) is 0 Å². The van der Waals surface area contributed by atoms with Gasteiger partial charge in [-0.15, -0.1) is 0 Å². The van der Waals surface area contributed by atoms with E-state index in [1.54, 1.807) is 0 Å². The third-order valence-corrected chi connectivity index (χ3v) is 5.60. The van der Waals surface area contributed by atoms with Gasteiger partial charge in [0.1, 0.15) is 11.3 Å². The molecule has 3 aromatic rings. The highest BCUT2D eigenvalue weighted by Crippen LogP contribution is 2.38. The SMILES string of the molecule is CC1=Cc2c(oc3c(C4=C/c5ccccc5/C(C)=C/C=C\4)cccc23)CC1. The molecule has 1 nitrogen and oxygen atoms in total. The lowest BCUT2D eigenvalue weighted by Gasteiger charge is -2.11. The van der Waals surface area contributed by atoms with Crippen molar-refractivity contribution in [2.45, 2.75) is 26.7 Å². The van der Waals surface area contributed by atoms with Gasteiger partial charge >= 0.3 is 0 Å². The predicted octanol–water partition coefficient (Wildman–Crippen LogP) is 7.30. The van der Waals surface area contributed by atoms with Gasteiger partial charge in [-0.3, -0.25) is 0 Å². The molecule has 2 aliphatic carbocycles. The smallest absolute Gasteiger partial charge is 0.142 e. The van der Waals surface area contributed by atoms with Crippen LogP contribution < -0.4 is 0 Å². The van der Waals surface area contributed by atoms with Crippen LogP contribution in [0.15, 0.2) is 70.7 Å². The number of benzene rings is 2. The molecule has 0 spiro atoms. The van der Waals surface area contributed by atoms with Crippen molar-refractivity contribution in [3.63, 3.8) is 0 Å². The van der Waals surface area contributed by atoms with Crippen molar-refractivity contribution in [1.82, 2.24) is 0 Å². The van der Waals surface area contributed by atoms with Crippen molar-refractivity contribution >= 4 is 34.3 Å². The zero-order chi connectivity index (χ0) is 18.4. The Kier molecular flexibility index (Phi) is 3.75. The van der Waals surface area contributed by atoms with Crippen LogP contribution >= 0.6 is 0 Å². The van der Waals surface area contributed by atoms with Gasteiger partial charge in [0.15, 0.2) is 0 Å². The van der Waals surface area contributed by atoms with Crippen molar-refractivity contribution in [2.24, 2.45) is 0 Å². The summed E-state index contributed by atoms with van der Waals surface area (Å²) in [5, 5.41) is 1.22. The van der Waals surface area contributed by atoms with Crippen LogP contribution in [0.3, 0.4) is 0 Å². The summed E-state index contributed by atoms with van der Waals surface area (Å²) >= 11 is 0. The van der Waals surface area contributed by atoms with Gasteiger partial charge in [0, 0.05) is 22.9 Å². The average molecular weight is 350 g/mol. The van der Waals surface area contributed by atoms with Crippen LogP contribution in [-0.2, 0) is 6.42 Å². The first-order valence-corrected chi connectivity index (χ1v) is 9.59. The second-order valence-electron chi connectivity index (χ2n) is 7.51. The molecule has 0 saturated carbocycles. The maximum absolute atomic E-state index is 6.37.